The second-order valence-electron chi connectivity index (χ2n) is 6.56. The van der Waals surface area contributed by atoms with Crippen molar-refractivity contribution in [2.24, 2.45) is 0 Å². The van der Waals surface area contributed by atoms with Crippen molar-refractivity contribution < 1.29 is 9.47 Å². The van der Waals surface area contributed by atoms with Crippen molar-refractivity contribution in [3.63, 3.8) is 0 Å². The highest BCUT2D eigenvalue weighted by molar-refractivity contribution is 6.01. The predicted molar refractivity (Wildman–Crippen MR) is 98.6 cm³/mol. The summed E-state index contributed by atoms with van der Waals surface area (Å²) in [6.45, 7) is 8.09. The molecule has 3 aromatic rings. The van der Waals surface area contributed by atoms with E-state index in [0.717, 1.165) is 12.4 Å². The van der Waals surface area contributed by atoms with Crippen LogP contribution in [0, 0.1) is 20.8 Å². The van der Waals surface area contributed by atoms with Gasteiger partial charge in [0, 0.05) is 5.56 Å². The molecule has 4 rings (SSSR count). The molecule has 0 fully saturated rings. The van der Waals surface area contributed by atoms with E-state index in [1.165, 1.54) is 49.7 Å². The summed E-state index contributed by atoms with van der Waals surface area (Å²) in [7, 11) is 1.75. The van der Waals surface area contributed by atoms with E-state index in [1.807, 2.05) is 0 Å². The van der Waals surface area contributed by atoms with Crippen molar-refractivity contribution >= 4 is 10.8 Å². The van der Waals surface area contributed by atoms with Crippen LogP contribution in [0.1, 0.15) is 27.8 Å². The Hall–Kier alpha value is -2.32. The summed E-state index contributed by atoms with van der Waals surface area (Å²) in [5.74, 6) is 0.929. The van der Waals surface area contributed by atoms with Gasteiger partial charge in [0.2, 0.25) is 0 Å². The van der Waals surface area contributed by atoms with E-state index >= 15 is 0 Å². The molecular formula is C22H22O2. The third-order valence-corrected chi connectivity index (χ3v) is 5.44. The maximum Gasteiger partial charge on any atom is 0.127 e. The van der Waals surface area contributed by atoms with E-state index in [-0.39, 0.29) is 0 Å². The van der Waals surface area contributed by atoms with E-state index in [0.29, 0.717) is 6.61 Å². The second kappa shape index (κ2) is 5.64. The molecule has 0 bridgehead atoms. The molecule has 0 unspecified atom stereocenters. The van der Waals surface area contributed by atoms with Gasteiger partial charge in [0.1, 0.15) is 5.75 Å². The number of methoxy groups -OCH3 is 1. The first-order valence-corrected chi connectivity index (χ1v) is 8.38. The molecule has 2 nitrogen and oxygen atoms in total. The van der Waals surface area contributed by atoms with Crippen molar-refractivity contribution in [1.82, 2.24) is 0 Å². The largest absolute Gasteiger partial charge is 0.496 e. The third kappa shape index (κ3) is 2.06. The summed E-state index contributed by atoms with van der Waals surface area (Å²) in [6, 6.07) is 12.7. The van der Waals surface area contributed by atoms with Gasteiger partial charge >= 0.3 is 0 Å². The molecule has 0 aliphatic carbocycles. The van der Waals surface area contributed by atoms with Crippen molar-refractivity contribution in [3.8, 4) is 16.9 Å². The smallest absolute Gasteiger partial charge is 0.127 e. The Morgan fingerprint density at radius 1 is 0.792 bits per heavy atom. The third-order valence-electron chi connectivity index (χ3n) is 5.44. The van der Waals surface area contributed by atoms with Gasteiger partial charge < -0.3 is 9.47 Å². The number of hydrogen-bond acceptors (Lipinski definition) is 2. The van der Waals surface area contributed by atoms with Crippen LogP contribution >= 0.6 is 0 Å². The maximum absolute atomic E-state index is 5.75. The summed E-state index contributed by atoms with van der Waals surface area (Å²) >= 11 is 0. The average Bonchev–Trinajstić information content (AvgIpc) is 3.10. The Labute approximate surface area is 143 Å². The molecule has 0 radical (unpaired) electrons. The van der Waals surface area contributed by atoms with Crippen LogP contribution in [0.3, 0.4) is 0 Å². The molecule has 0 N–H and O–H groups in total. The summed E-state index contributed by atoms with van der Waals surface area (Å²) < 4.78 is 11.5. The van der Waals surface area contributed by atoms with E-state index in [9.17, 15) is 0 Å². The zero-order chi connectivity index (χ0) is 16.8. The Morgan fingerprint density at radius 3 is 2.25 bits per heavy atom. The maximum atomic E-state index is 5.75. The molecule has 0 saturated carbocycles. The Balaban J connectivity index is 2.15. The van der Waals surface area contributed by atoms with Crippen LogP contribution in [0.5, 0.6) is 5.75 Å². The van der Waals surface area contributed by atoms with Crippen molar-refractivity contribution in [2.75, 3.05) is 7.11 Å². The minimum absolute atomic E-state index is 0.711. The minimum Gasteiger partial charge on any atom is -0.496 e. The minimum atomic E-state index is 0.711. The van der Waals surface area contributed by atoms with Crippen LogP contribution in [0.4, 0.5) is 0 Å². The number of hydrogen-bond donors (Lipinski definition) is 0. The van der Waals surface area contributed by atoms with Gasteiger partial charge in [-0.25, -0.2) is 0 Å². The average molecular weight is 318 g/mol. The quantitative estimate of drug-likeness (QED) is 0.623. The van der Waals surface area contributed by atoms with Crippen LogP contribution in [0.25, 0.3) is 21.9 Å². The molecule has 1 aliphatic rings. The van der Waals surface area contributed by atoms with Crippen molar-refractivity contribution in [1.29, 1.82) is 0 Å². The second-order valence-corrected chi connectivity index (χ2v) is 6.56. The van der Waals surface area contributed by atoms with Crippen LogP contribution in [-0.2, 0) is 18.0 Å². The van der Waals surface area contributed by atoms with E-state index < -0.39 is 0 Å². The van der Waals surface area contributed by atoms with Crippen LogP contribution < -0.4 is 4.74 Å². The van der Waals surface area contributed by atoms with Gasteiger partial charge in [-0.1, -0.05) is 30.3 Å². The molecule has 0 atom stereocenters. The van der Waals surface area contributed by atoms with Crippen LogP contribution in [-0.4, -0.2) is 7.11 Å². The molecule has 0 aromatic heterocycles. The number of fused-ring (bicyclic) bond motifs is 2. The molecule has 1 heterocycles. The molecule has 122 valence electrons. The van der Waals surface area contributed by atoms with E-state index in [4.69, 9.17) is 9.47 Å². The molecular weight excluding hydrogens is 296 g/mol. The van der Waals surface area contributed by atoms with Gasteiger partial charge in [0.05, 0.1) is 20.3 Å². The van der Waals surface area contributed by atoms with Gasteiger partial charge in [-0.05, 0) is 71.0 Å². The number of rotatable bonds is 2. The fourth-order valence-corrected chi connectivity index (χ4v) is 4.00. The summed E-state index contributed by atoms with van der Waals surface area (Å²) in [6.07, 6.45) is 0. The SMILES string of the molecule is COc1ccc2ccccc2c1-c1c(C)c(C)c2c(c1C)COC2. The summed E-state index contributed by atoms with van der Waals surface area (Å²) in [4.78, 5) is 0. The zero-order valence-electron chi connectivity index (χ0n) is 14.7. The molecule has 0 saturated heterocycles. The first kappa shape index (κ1) is 15.2. The highest BCUT2D eigenvalue weighted by Gasteiger charge is 2.24. The van der Waals surface area contributed by atoms with E-state index in [1.54, 1.807) is 7.11 Å². The number of ether oxygens (including phenoxy) is 2. The zero-order valence-corrected chi connectivity index (χ0v) is 14.7. The van der Waals surface area contributed by atoms with Gasteiger partial charge in [-0.3, -0.25) is 0 Å². The fraction of sp³-hybridized carbons (Fsp3) is 0.273. The molecule has 1 aliphatic heterocycles. The van der Waals surface area contributed by atoms with Gasteiger partial charge in [0.25, 0.3) is 0 Å². The Kier molecular flexibility index (Phi) is 3.58. The lowest BCUT2D eigenvalue weighted by molar-refractivity contribution is 0.134. The highest BCUT2D eigenvalue weighted by Crippen LogP contribution is 2.44. The molecule has 2 heteroatoms. The molecule has 24 heavy (non-hydrogen) atoms. The first-order valence-electron chi connectivity index (χ1n) is 8.38. The molecule has 0 spiro atoms. The van der Waals surface area contributed by atoms with Gasteiger partial charge in [-0.15, -0.1) is 0 Å². The summed E-state index contributed by atoms with van der Waals surface area (Å²) in [5, 5.41) is 2.47. The lowest BCUT2D eigenvalue weighted by Crippen LogP contribution is -2.02. The Bertz CT molecular complexity index is 954. The van der Waals surface area contributed by atoms with Gasteiger partial charge in [-0.2, -0.15) is 0 Å². The molecule has 0 amide bonds. The van der Waals surface area contributed by atoms with Crippen molar-refractivity contribution in [3.05, 3.63) is 64.2 Å². The van der Waals surface area contributed by atoms with Crippen LogP contribution in [0.2, 0.25) is 0 Å². The fourth-order valence-electron chi connectivity index (χ4n) is 4.00. The Morgan fingerprint density at radius 2 is 1.50 bits per heavy atom. The lowest BCUT2D eigenvalue weighted by Gasteiger charge is -2.21. The summed E-state index contributed by atoms with van der Waals surface area (Å²) in [5.41, 5.74) is 9.20. The topological polar surface area (TPSA) is 18.5 Å². The van der Waals surface area contributed by atoms with Crippen LogP contribution in [0.15, 0.2) is 36.4 Å². The van der Waals surface area contributed by atoms with Gasteiger partial charge in [0.15, 0.2) is 0 Å². The highest BCUT2D eigenvalue weighted by atomic mass is 16.5. The predicted octanol–water partition coefficient (Wildman–Crippen LogP) is 5.47. The first-order chi connectivity index (χ1) is 11.6. The lowest BCUT2D eigenvalue weighted by atomic mass is 9.84. The normalized spacial score (nSPS) is 13.3. The van der Waals surface area contributed by atoms with E-state index in [2.05, 4.69) is 57.2 Å². The number of benzene rings is 3. The monoisotopic (exact) mass is 318 g/mol. The van der Waals surface area contributed by atoms with Crippen molar-refractivity contribution in [2.45, 2.75) is 34.0 Å². The molecule has 3 aromatic carbocycles. The standard InChI is InChI=1S/C22H22O2/c1-13-14(2)21(15(3)19-12-24-11-18(13)19)22-17-8-6-5-7-16(17)9-10-20(22)23-4/h5-10H,11-12H2,1-4H3.